The fourth-order valence-electron chi connectivity index (χ4n) is 1.55. The summed E-state index contributed by atoms with van der Waals surface area (Å²) in [6.07, 6.45) is 0.837. The highest BCUT2D eigenvalue weighted by molar-refractivity contribution is 7.11. The summed E-state index contributed by atoms with van der Waals surface area (Å²) in [5, 5.41) is 2.88. The number of methoxy groups -OCH3 is 1. The minimum absolute atomic E-state index is 0. The molecule has 0 bridgehead atoms. The molecule has 0 spiro atoms. The Bertz CT molecular complexity index is 371. The summed E-state index contributed by atoms with van der Waals surface area (Å²) in [6, 6.07) is 3.68. The van der Waals surface area contributed by atoms with E-state index in [0.29, 0.717) is 0 Å². The van der Waals surface area contributed by atoms with Gasteiger partial charge in [-0.2, -0.15) is 0 Å². The molecule has 104 valence electrons. The van der Waals surface area contributed by atoms with Gasteiger partial charge in [0.05, 0.1) is 6.61 Å². The SMILES string of the molecule is COCC(N)C(=O)NC(C)Cc1ccc(C)s1.Cl. The molecule has 0 aromatic carbocycles. The molecule has 2 unspecified atom stereocenters. The molecule has 18 heavy (non-hydrogen) atoms. The molecule has 0 radical (unpaired) electrons. The smallest absolute Gasteiger partial charge is 0.239 e. The zero-order chi connectivity index (χ0) is 12.8. The van der Waals surface area contributed by atoms with E-state index in [1.54, 1.807) is 11.3 Å². The average molecular weight is 293 g/mol. The van der Waals surface area contributed by atoms with Gasteiger partial charge in [0.1, 0.15) is 6.04 Å². The van der Waals surface area contributed by atoms with Crippen molar-refractivity contribution in [1.82, 2.24) is 5.32 Å². The van der Waals surface area contributed by atoms with Crippen LogP contribution in [0.3, 0.4) is 0 Å². The number of nitrogens with two attached hydrogens (primary N) is 1. The highest BCUT2D eigenvalue weighted by Crippen LogP contribution is 2.16. The molecule has 1 amide bonds. The second kappa shape index (κ2) is 8.48. The first kappa shape index (κ1) is 17.4. The summed E-state index contributed by atoms with van der Waals surface area (Å²) in [5.74, 6) is -0.160. The normalized spacial score (nSPS) is 13.6. The lowest BCUT2D eigenvalue weighted by atomic mass is 10.2. The van der Waals surface area contributed by atoms with Crippen molar-refractivity contribution in [2.45, 2.75) is 32.4 Å². The van der Waals surface area contributed by atoms with Crippen molar-refractivity contribution >= 4 is 29.7 Å². The number of thiophene rings is 1. The van der Waals surface area contributed by atoms with Crippen molar-refractivity contribution < 1.29 is 9.53 Å². The van der Waals surface area contributed by atoms with E-state index in [-0.39, 0.29) is 31.0 Å². The summed E-state index contributed by atoms with van der Waals surface area (Å²) in [7, 11) is 1.53. The summed E-state index contributed by atoms with van der Waals surface area (Å²) in [5.41, 5.74) is 5.64. The van der Waals surface area contributed by atoms with Gasteiger partial charge in [-0.1, -0.05) is 0 Å². The Hall–Kier alpha value is -0.620. The maximum Gasteiger partial charge on any atom is 0.239 e. The maximum absolute atomic E-state index is 11.6. The molecule has 4 nitrogen and oxygen atoms in total. The van der Waals surface area contributed by atoms with E-state index < -0.39 is 6.04 Å². The van der Waals surface area contributed by atoms with Gasteiger partial charge in [-0.15, -0.1) is 23.7 Å². The first-order valence-electron chi connectivity index (χ1n) is 5.63. The molecule has 0 aliphatic heterocycles. The number of ether oxygens (including phenoxy) is 1. The quantitative estimate of drug-likeness (QED) is 0.835. The molecule has 1 aromatic heterocycles. The van der Waals surface area contributed by atoms with E-state index >= 15 is 0 Å². The molecule has 2 atom stereocenters. The van der Waals surface area contributed by atoms with Crippen LogP contribution in [0.5, 0.6) is 0 Å². The number of aryl methyl sites for hydroxylation is 1. The van der Waals surface area contributed by atoms with Gasteiger partial charge >= 0.3 is 0 Å². The van der Waals surface area contributed by atoms with Gasteiger partial charge < -0.3 is 15.8 Å². The molecular weight excluding hydrogens is 272 g/mol. The Morgan fingerprint density at radius 3 is 2.72 bits per heavy atom. The number of carbonyl (C=O) groups excluding carboxylic acids is 1. The number of halogens is 1. The lowest BCUT2D eigenvalue weighted by Gasteiger charge is -2.16. The third-order valence-electron chi connectivity index (χ3n) is 2.38. The minimum atomic E-state index is -0.590. The lowest BCUT2D eigenvalue weighted by molar-refractivity contribution is -0.124. The van der Waals surface area contributed by atoms with Gasteiger partial charge in [-0.3, -0.25) is 4.79 Å². The number of hydrogen-bond acceptors (Lipinski definition) is 4. The largest absolute Gasteiger partial charge is 0.383 e. The average Bonchev–Trinajstić information content (AvgIpc) is 2.64. The first-order valence-corrected chi connectivity index (χ1v) is 6.44. The summed E-state index contributed by atoms with van der Waals surface area (Å²) in [6.45, 7) is 4.30. The van der Waals surface area contributed by atoms with Gasteiger partial charge in [0.2, 0.25) is 5.91 Å². The van der Waals surface area contributed by atoms with E-state index in [2.05, 4.69) is 24.4 Å². The van der Waals surface area contributed by atoms with Crippen LogP contribution in [0.25, 0.3) is 0 Å². The Morgan fingerprint density at radius 2 is 2.22 bits per heavy atom. The first-order chi connectivity index (χ1) is 8.02. The second-order valence-electron chi connectivity index (χ2n) is 4.19. The topological polar surface area (TPSA) is 64.3 Å². The predicted octanol–water partition coefficient (Wildman–Crippen LogP) is 1.50. The van der Waals surface area contributed by atoms with E-state index in [0.717, 1.165) is 6.42 Å². The third-order valence-corrected chi connectivity index (χ3v) is 3.40. The molecular formula is C12H21ClN2O2S. The standard InChI is InChI=1S/C12H20N2O2S.ClH/c1-8(6-10-5-4-9(2)17-10)14-12(15)11(13)7-16-3;/h4-5,8,11H,6-7,13H2,1-3H3,(H,14,15);1H. The minimum Gasteiger partial charge on any atom is -0.383 e. The van der Waals surface area contributed by atoms with Crippen LogP contribution in [0.4, 0.5) is 0 Å². The van der Waals surface area contributed by atoms with E-state index in [1.807, 2.05) is 6.92 Å². The Kier molecular flexibility index (Phi) is 8.18. The van der Waals surface area contributed by atoms with Crippen molar-refractivity contribution in [1.29, 1.82) is 0 Å². The van der Waals surface area contributed by atoms with Gasteiger partial charge in [-0.25, -0.2) is 0 Å². The van der Waals surface area contributed by atoms with Gasteiger partial charge in [0.25, 0.3) is 0 Å². The molecule has 0 saturated carbocycles. The van der Waals surface area contributed by atoms with Crippen LogP contribution in [0.2, 0.25) is 0 Å². The number of carbonyl (C=O) groups is 1. The highest BCUT2D eigenvalue weighted by Gasteiger charge is 2.15. The van der Waals surface area contributed by atoms with Crippen LogP contribution in [0.1, 0.15) is 16.7 Å². The zero-order valence-corrected chi connectivity index (χ0v) is 12.6. The molecule has 1 heterocycles. The van der Waals surface area contributed by atoms with Crippen LogP contribution in [-0.4, -0.2) is 31.7 Å². The number of amides is 1. The fraction of sp³-hybridized carbons (Fsp3) is 0.583. The molecule has 0 aliphatic carbocycles. The fourth-order valence-corrected chi connectivity index (χ4v) is 2.57. The number of hydrogen-bond donors (Lipinski definition) is 2. The molecule has 3 N–H and O–H groups in total. The Morgan fingerprint density at radius 1 is 1.56 bits per heavy atom. The van der Waals surface area contributed by atoms with E-state index in [4.69, 9.17) is 10.5 Å². The van der Waals surface area contributed by atoms with Crippen LogP contribution in [0.15, 0.2) is 12.1 Å². The number of rotatable bonds is 6. The summed E-state index contributed by atoms with van der Waals surface area (Å²) in [4.78, 5) is 14.2. The molecule has 0 aliphatic rings. The lowest BCUT2D eigenvalue weighted by Crippen LogP contribution is -2.47. The third kappa shape index (κ3) is 5.82. The second-order valence-corrected chi connectivity index (χ2v) is 5.56. The highest BCUT2D eigenvalue weighted by atomic mass is 35.5. The van der Waals surface area contributed by atoms with Crippen molar-refractivity contribution in [3.8, 4) is 0 Å². The van der Waals surface area contributed by atoms with Gasteiger partial charge in [0, 0.05) is 29.3 Å². The molecule has 1 aromatic rings. The Labute approximate surface area is 118 Å². The van der Waals surface area contributed by atoms with Crippen molar-refractivity contribution in [3.63, 3.8) is 0 Å². The predicted molar refractivity (Wildman–Crippen MR) is 77.5 cm³/mol. The van der Waals surface area contributed by atoms with Crippen LogP contribution in [-0.2, 0) is 16.0 Å². The van der Waals surface area contributed by atoms with Crippen molar-refractivity contribution in [2.24, 2.45) is 5.73 Å². The van der Waals surface area contributed by atoms with E-state index in [9.17, 15) is 4.79 Å². The molecule has 1 rings (SSSR count). The van der Waals surface area contributed by atoms with Crippen LogP contribution >= 0.6 is 23.7 Å². The monoisotopic (exact) mass is 292 g/mol. The zero-order valence-electron chi connectivity index (χ0n) is 10.9. The van der Waals surface area contributed by atoms with Crippen LogP contribution in [0, 0.1) is 6.92 Å². The van der Waals surface area contributed by atoms with Crippen molar-refractivity contribution in [3.05, 3.63) is 21.9 Å². The van der Waals surface area contributed by atoms with Gasteiger partial charge in [0.15, 0.2) is 0 Å². The van der Waals surface area contributed by atoms with Gasteiger partial charge in [-0.05, 0) is 26.0 Å². The Balaban J connectivity index is 0.00000289. The summed E-state index contributed by atoms with van der Waals surface area (Å²) >= 11 is 1.75. The van der Waals surface area contributed by atoms with Crippen molar-refractivity contribution in [2.75, 3.05) is 13.7 Å². The van der Waals surface area contributed by atoms with Crippen LogP contribution < -0.4 is 11.1 Å². The maximum atomic E-state index is 11.6. The molecule has 0 fully saturated rings. The summed E-state index contributed by atoms with van der Waals surface area (Å²) < 4.78 is 4.84. The number of nitrogens with one attached hydrogen (secondary N) is 1. The molecule has 0 saturated heterocycles. The van der Waals surface area contributed by atoms with E-state index in [1.165, 1.54) is 16.9 Å². The molecule has 6 heteroatoms.